The van der Waals surface area contributed by atoms with Crippen molar-refractivity contribution in [3.63, 3.8) is 0 Å². The van der Waals surface area contributed by atoms with Gasteiger partial charge >= 0.3 is 6.01 Å². The fraction of sp³-hybridized carbons (Fsp3) is 0.727. The minimum absolute atomic E-state index is 0.242. The Morgan fingerprint density at radius 3 is 2.68 bits per heavy atom. The molecule has 2 atom stereocenters. The van der Waals surface area contributed by atoms with Crippen LogP contribution in [0.2, 0.25) is 0 Å². The predicted molar refractivity (Wildman–Crippen MR) is 72.9 cm³/mol. The zero-order valence-corrected chi connectivity index (χ0v) is 11.6. The van der Waals surface area contributed by atoms with Crippen LogP contribution in [0.5, 0.6) is 6.01 Å². The Labute approximate surface area is 112 Å². The molecule has 106 valence electrons. The third kappa shape index (κ3) is 3.42. The van der Waals surface area contributed by atoms with Crippen molar-refractivity contribution in [3.05, 3.63) is 0 Å². The molecule has 0 saturated carbocycles. The SMILES string of the molecule is COc1nc(NN)nc(NC2CCN(C)CC2C)n1. The molecule has 1 aliphatic heterocycles. The van der Waals surface area contributed by atoms with Gasteiger partial charge < -0.3 is 15.0 Å². The molecule has 2 heterocycles. The first kappa shape index (κ1) is 13.8. The van der Waals surface area contributed by atoms with E-state index in [1.165, 1.54) is 7.11 Å². The molecule has 0 bridgehead atoms. The standard InChI is InChI=1S/C11H21N7O/c1-7-6-18(2)5-4-8(7)13-9-14-10(17-12)16-11(15-9)19-3/h7-8H,4-6,12H2,1-3H3,(H2,13,14,15,16,17). The summed E-state index contributed by atoms with van der Waals surface area (Å²) in [7, 11) is 3.65. The monoisotopic (exact) mass is 267 g/mol. The number of aromatic nitrogens is 3. The molecule has 0 radical (unpaired) electrons. The van der Waals surface area contributed by atoms with E-state index in [9.17, 15) is 0 Å². The van der Waals surface area contributed by atoms with Crippen molar-refractivity contribution in [3.8, 4) is 6.01 Å². The lowest BCUT2D eigenvalue weighted by molar-refractivity contribution is 0.205. The van der Waals surface area contributed by atoms with E-state index < -0.39 is 0 Å². The minimum atomic E-state index is 0.242. The molecule has 1 aromatic heterocycles. The topological polar surface area (TPSA) is 101 Å². The van der Waals surface area contributed by atoms with Crippen molar-refractivity contribution < 1.29 is 4.74 Å². The quantitative estimate of drug-likeness (QED) is 0.514. The maximum Gasteiger partial charge on any atom is 0.322 e. The highest BCUT2D eigenvalue weighted by Crippen LogP contribution is 2.20. The lowest BCUT2D eigenvalue weighted by Crippen LogP contribution is -2.43. The lowest BCUT2D eigenvalue weighted by atomic mass is 9.94. The third-order valence-electron chi connectivity index (χ3n) is 3.35. The smallest absolute Gasteiger partial charge is 0.322 e. The minimum Gasteiger partial charge on any atom is -0.467 e. The number of nitrogen functional groups attached to an aromatic ring is 1. The van der Waals surface area contributed by atoms with Gasteiger partial charge in [-0.2, -0.15) is 15.0 Å². The van der Waals surface area contributed by atoms with Gasteiger partial charge in [-0.05, 0) is 25.9 Å². The Morgan fingerprint density at radius 2 is 2.05 bits per heavy atom. The van der Waals surface area contributed by atoms with E-state index in [1.807, 2.05) is 0 Å². The lowest BCUT2D eigenvalue weighted by Gasteiger charge is -2.35. The number of nitrogens with zero attached hydrogens (tertiary/aromatic N) is 4. The molecule has 2 rings (SSSR count). The molecule has 1 aromatic rings. The molecule has 19 heavy (non-hydrogen) atoms. The average Bonchev–Trinajstić information content (AvgIpc) is 2.41. The summed E-state index contributed by atoms with van der Waals surface area (Å²) >= 11 is 0. The number of hydrogen-bond donors (Lipinski definition) is 3. The van der Waals surface area contributed by atoms with E-state index in [1.54, 1.807) is 0 Å². The molecule has 0 aromatic carbocycles. The van der Waals surface area contributed by atoms with Crippen LogP contribution in [0.4, 0.5) is 11.9 Å². The Bertz CT molecular complexity index is 405. The van der Waals surface area contributed by atoms with Crippen LogP contribution in [0.15, 0.2) is 0 Å². The van der Waals surface area contributed by atoms with Crippen molar-refractivity contribution in [1.29, 1.82) is 0 Å². The van der Waals surface area contributed by atoms with Crippen LogP contribution in [0, 0.1) is 5.92 Å². The Kier molecular flexibility index (Phi) is 4.33. The van der Waals surface area contributed by atoms with Gasteiger partial charge in [-0.15, -0.1) is 0 Å². The summed E-state index contributed by atoms with van der Waals surface area (Å²) in [5.41, 5.74) is 2.41. The second-order valence-electron chi connectivity index (χ2n) is 4.89. The number of hydrazine groups is 1. The number of rotatable bonds is 4. The molecular formula is C11H21N7O. The van der Waals surface area contributed by atoms with E-state index in [0.29, 0.717) is 17.9 Å². The number of hydrogen-bond acceptors (Lipinski definition) is 8. The van der Waals surface area contributed by atoms with Gasteiger partial charge in [0.05, 0.1) is 7.11 Å². The maximum atomic E-state index is 5.33. The highest BCUT2D eigenvalue weighted by atomic mass is 16.5. The molecule has 8 heteroatoms. The van der Waals surface area contributed by atoms with Crippen LogP contribution in [-0.2, 0) is 0 Å². The van der Waals surface area contributed by atoms with Crippen molar-refractivity contribution >= 4 is 11.9 Å². The number of piperidine rings is 1. The molecule has 1 fully saturated rings. The summed E-state index contributed by atoms with van der Waals surface area (Å²) in [4.78, 5) is 14.7. The van der Waals surface area contributed by atoms with Crippen LogP contribution in [-0.4, -0.2) is 53.1 Å². The summed E-state index contributed by atoms with van der Waals surface area (Å²) in [6, 6.07) is 0.583. The average molecular weight is 267 g/mol. The van der Waals surface area contributed by atoms with Gasteiger partial charge in [0.2, 0.25) is 11.9 Å². The molecule has 0 amide bonds. The largest absolute Gasteiger partial charge is 0.467 e. The normalized spacial score (nSPS) is 24.0. The second-order valence-corrected chi connectivity index (χ2v) is 4.89. The van der Waals surface area contributed by atoms with Crippen LogP contribution >= 0.6 is 0 Å². The molecule has 8 nitrogen and oxygen atoms in total. The van der Waals surface area contributed by atoms with Gasteiger partial charge in [0.1, 0.15) is 0 Å². The summed E-state index contributed by atoms with van der Waals surface area (Å²) in [6.07, 6.45) is 1.05. The molecule has 1 saturated heterocycles. The van der Waals surface area contributed by atoms with Crippen molar-refractivity contribution in [2.75, 3.05) is 38.0 Å². The molecule has 1 aliphatic rings. The van der Waals surface area contributed by atoms with Gasteiger partial charge in [-0.25, -0.2) is 5.84 Å². The fourth-order valence-corrected chi connectivity index (χ4v) is 2.31. The first-order valence-corrected chi connectivity index (χ1v) is 6.34. The second kappa shape index (κ2) is 5.98. The van der Waals surface area contributed by atoms with Crippen molar-refractivity contribution in [1.82, 2.24) is 19.9 Å². The number of nitrogens with two attached hydrogens (primary N) is 1. The molecule has 0 aliphatic carbocycles. The molecule has 0 spiro atoms. The number of ether oxygens (including phenoxy) is 1. The highest BCUT2D eigenvalue weighted by Gasteiger charge is 2.25. The van der Waals surface area contributed by atoms with Gasteiger partial charge in [0.25, 0.3) is 0 Å². The van der Waals surface area contributed by atoms with E-state index in [2.05, 4.69) is 44.6 Å². The van der Waals surface area contributed by atoms with Crippen LogP contribution in [0.25, 0.3) is 0 Å². The van der Waals surface area contributed by atoms with Crippen molar-refractivity contribution in [2.45, 2.75) is 19.4 Å². The number of anilines is 2. The van der Waals surface area contributed by atoms with E-state index >= 15 is 0 Å². The molecule has 4 N–H and O–H groups in total. The first-order valence-electron chi connectivity index (χ1n) is 6.34. The van der Waals surface area contributed by atoms with Gasteiger partial charge in [-0.1, -0.05) is 6.92 Å². The Morgan fingerprint density at radius 1 is 1.32 bits per heavy atom. The van der Waals surface area contributed by atoms with Crippen LogP contribution in [0.1, 0.15) is 13.3 Å². The number of nitrogens with one attached hydrogen (secondary N) is 2. The Balaban J connectivity index is 2.09. The summed E-state index contributed by atoms with van der Waals surface area (Å²) < 4.78 is 5.02. The summed E-state index contributed by atoms with van der Waals surface area (Å²) in [5, 5.41) is 3.34. The maximum absolute atomic E-state index is 5.33. The van der Waals surface area contributed by atoms with Gasteiger partial charge in [0, 0.05) is 12.6 Å². The van der Waals surface area contributed by atoms with E-state index in [4.69, 9.17) is 10.6 Å². The van der Waals surface area contributed by atoms with Crippen molar-refractivity contribution in [2.24, 2.45) is 11.8 Å². The first-order chi connectivity index (χ1) is 9.12. The zero-order chi connectivity index (χ0) is 13.8. The fourth-order valence-electron chi connectivity index (χ4n) is 2.31. The van der Waals surface area contributed by atoms with Gasteiger partial charge in [0.15, 0.2) is 0 Å². The number of likely N-dealkylation sites (tertiary alicyclic amines) is 1. The Hall–Kier alpha value is -1.67. The number of methoxy groups -OCH3 is 1. The summed E-state index contributed by atoms with van der Waals surface area (Å²) in [5.74, 6) is 6.63. The van der Waals surface area contributed by atoms with E-state index in [-0.39, 0.29) is 12.0 Å². The van der Waals surface area contributed by atoms with E-state index in [0.717, 1.165) is 19.5 Å². The van der Waals surface area contributed by atoms with Crippen LogP contribution < -0.4 is 21.3 Å². The zero-order valence-electron chi connectivity index (χ0n) is 11.6. The predicted octanol–water partition coefficient (Wildman–Crippen LogP) is -0.0821. The highest BCUT2D eigenvalue weighted by molar-refractivity contribution is 5.36. The third-order valence-corrected chi connectivity index (χ3v) is 3.35. The van der Waals surface area contributed by atoms with Gasteiger partial charge in [-0.3, -0.25) is 5.43 Å². The van der Waals surface area contributed by atoms with Crippen LogP contribution in [0.3, 0.4) is 0 Å². The molecule has 2 unspecified atom stereocenters. The summed E-state index contributed by atoms with van der Waals surface area (Å²) in [6.45, 7) is 4.34. The molecular weight excluding hydrogens is 246 g/mol.